The molecule has 3 rings (SSSR count). The Morgan fingerprint density at radius 1 is 1.17 bits per heavy atom. The summed E-state index contributed by atoms with van der Waals surface area (Å²) < 4.78 is 32.5. The summed E-state index contributed by atoms with van der Waals surface area (Å²) in [6.07, 6.45) is 4.68. The highest BCUT2D eigenvalue weighted by Gasteiger charge is 2.25. The third-order valence-electron chi connectivity index (χ3n) is 5.55. The quantitative estimate of drug-likeness (QED) is 0.631. The Morgan fingerprint density at radius 2 is 1.90 bits per heavy atom. The number of aromatic nitrogens is 2. The van der Waals surface area contributed by atoms with Crippen molar-refractivity contribution in [2.24, 2.45) is 5.92 Å². The SMILES string of the molecule is COCCS(=O)(=O)c1ncc(CN2CCC(CCO)CC2)n1Cc1ccccc1. The fourth-order valence-electron chi connectivity index (χ4n) is 3.83. The van der Waals surface area contributed by atoms with Crippen molar-refractivity contribution >= 4 is 9.84 Å². The molecule has 0 aliphatic carbocycles. The Morgan fingerprint density at radius 3 is 2.55 bits per heavy atom. The van der Waals surface area contributed by atoms with Crippen molar-refractivity contribution in [3.05, 3.63) is 47.8 Å². The van der Waals surface area contributed by atoms with E-state index in [9.17, 15) is 8.42 Å². The molecular formula is C21H31N3O4S. The molecule has 1 N–H and O–H groups in total. The van der Waals surface area contributed by atoms with Crippen LogP contribution in [0.25, 0.3) is 0 Å². The van der Waals surface area contributed by atoms with E-state index in [-0.39, 0.29) is 24.1 Å². The van der Waals surface area contributed by atoms with E-state index in [2.05, 4.69) is 9.88 Å². The van der Waals surface area contributed by atoms with Gasteiger partial charge in [-0.15, -0.1) is 0 Å². The maximum Gasteiger partial charge on any atom is 0.228 e. The van der Waals surface area contributed by atoms with E-state index in [0.717, 1.165) is 43.6 Å². The van der Waals surface area contributed by atoms with E-state index in [0.29, 0.717) is 19.0 Å². The number of sulfone groups is 1. The van der Waals surface area contributed by atoms with Crippen LogP contribution in [0, 0.1) is 5.92 Å². The van der Waals surface area contributed by atoms with Crippen LogP contribution in [0.15, 0.2) is 41.7 Å². The minimum absolute atomic E-state index is 0.0820. The zero-order chi connectivity index (χ0) is 20.7. The van der Waals surface area contributed by atoms with Crippen LogP contribution in [0.3, 0.4) is 0 Å². The van der Waals surface area contributed by atoms with Gasteiger partial charge in [0.2, 0.25) is 15.0 Å². The average Bonchev–Trinajstić information content (AvgIpc) is 3.12. The van der Waals surface area contributed by atoms with Gasteiger partial charge in [0.1, 0.15) is 0 Å². The number of likely N-dealkylation sites (tertiary alicyclic amines) is 1. The minimum atomic E-state index is -3.53. The van der Waals surface area contributed by atoms with Gasteiger partial charge in [-0.05, 0) is 43.8 Å². The number of hydrogen-bond acceptors (Lipinski definition) is 6. The fraction of sp³-hybridized carbons (Fsp3) is 0.571. The fourth-order valence-corrected chi connectivity index (χ4v) is 5.13. The molecule has 2 heterocycles. The molecule has 29 heavy (non-hydrogen) atoms. The molecule has 1 aliphatic heterocycles. The van der Waals surface area contributed by atoms with Gasteiger partial charge >= 0.3 is 0 Å². The van der Waals surface area contributed by atoms with Gasteiger partial charge in [0.25, 0.3) is 0 Å². The Hall–Kier alpha value is -1.74. The lowest BCUT2D eigenvalue weighted by Gasteiger charge is -2.31. The third-order valence-corrected chi connectivity index (χ3v) is 7.14. The number of nitrogens with zero attached hydrogens (tertiary/aromatic N) is 3. The Balaban J connectivity index is 1.81. The van der Waals surface area contributed by atoms with E-state index < -0.39 is 9.84 Å². The second-order valence-corrected chi connectivity index (χ2v) is 9.65. The summed E-state index contributed by atoms with van der Waals surface area (Å²) in [6, 6.07) is 9.85. The summed E-state index contributed by atoms with van der Waals surface area (Å²) in [6.45, 7) is 3.44. The molecule has 0 unspecified atom stereocenters. The summed E-state index contributed by atoms with van der Waals surface area (Å²) in [5.74, 6) is 0.497. The normalized spacial score (nSPS) is 16.3. The third kappa shape index (κ3) is 5.88. The van der Waals surface area contributed by atoms with Gasteiger partial charge in [-0.25, -0.2) is 13.4 Å². The maximum absolute atomic E-state index is 12.8. The molecular weight excluding hydrogens is 390 g/mol. The smallest absolute Gasteiger partial charge is 0.228 e. The number of methoxy groups -OCH3 is 1. The van der Waals surface area contributed by atoms with E-state index in [4.69, 9.17) is 9.84 Å². The molecule has 1 aromatic heterocycles. The zero-order valence-corrected chi connectivity index (χ0v) is 17.9. The van der Waals surface area contributed by atoms with E-state index in [1.165, 1.54) is 7.11 Å². The molecule has 160 valence electrons. The van der Waals surface area contributed by atoms with Gasteiger partial charge in [-0.3, -0.25) is 4.90 Å². The van der Waals surface area contributed by atoms with Crippen LogP contribution in [-0.2, 0) is 27.7 Å². The van der Waals surface area contributed by atoms with Crippen molar-refractivity contribution in [3.63, 3.8) is 0 Å². The average molecular weight is 422 g/mol. The number of hydrogen-bond donors (Lipinski definition) is 1. The van der Waals surface area contributed by atoms with Crippen LogP contribution < -0.4 is 0 Å². The highest BCUT2D eigenvalue weighted by atomic mass is 32.2. The molecule has 0 spiro atoms. The molecule has 0 radical (unpaired) electrons. The standard InChI is InChI=1S/C21H31N3O4S/c1-28-13-14-29(26,27)21-22-15-20(24(21)16-19-5-3-2-4-6-19)17-23-10-7-18(8-11-23)9-12-25/h2-6,15,18,25H,7-14,16-17H2,1H3. The van der Waals surface area contributed by atoms with Gasteiger partial charge in [0.15, 0.2) is 0 Å². The van der Waals surface area contributed by atoms with E-state index in [1.54, 1.807) is 6.20 Å². The Labute approximate surface area is 173 Å². The first-order valence-electron chi connectivity index (χ1n) is 10.2. The van der Waals surface area contributed by atoms with Crippen LogP contribution in [-0.4, -0.2) is 67.1 Å². The largest absolute Gasteiger partial charge is 0.396 e. The Kier molecular flexibility index (Phi) is 7.83. The predicted octanol–water partition coefficient (Wildman–Crippen LogP) is 1.95. The molecule has 7 nitrogen and oxygen atoms in total. The molecule has 1 aromatic carbocycles. The second kappa shape index (κ2) is 10.3. The molecule has 1 saturated heterocycles. The van der Waals surface area contributed by atoms with Gasteiger partial charge in [-0.1, -0.05) is 30.3 Å². The first-order valence-corrected chi connectivity index (χ1v) is 11.8. The number of ether oxygens (including phenoxy) is 1. The lowest BCUT2D eigenvalue weighted by Crippen LogP contribution is -2.34. The number of aliphatic hydroxyl groups excluding tert-OH is 1. The van der Waals surface area contributed by atoms with Gasteiger partial charge in [0.05, 0.1) is 30.8 Å². The molecule has 0 atom stereocenters. The predicted molar refractivity (Wildman–Crippen MR) is 111 cm³/mol. The first kappa shape index (κ1) is 22.0. The minimum Gasteiger partial charge on any atom is -0.396 e. The van der Waals surface area contributed by atoms with Crippen LogP contribution in [0.4, 0.5) is 0 Å². The van der Waals surface area contributed by atoms with Crippen LogP contribution in [0.2, 0.25) is 0 Å². The van der Waals surface area contributed by atoms with Crippen LogP contribution in [0.5, 0.6) is 0 Å². The topological polar surface area (TPSA) is 84.7 Å². The first-order chi connectivity index (χ1) is 14.0. The lowest BCUT2D eigenvalue weighted by atomic mass is 9.94. The molecule has 0 bridgehead atoms. The van der Waals surface area contributed by atoms with Crippen molar-refractivity contribution in [2.45, 2.75) is 37.5 Å². The van der Waals surface area contributed by atoms with Gasteiger partial charge in [-0.2, -0.15) is 0 Å². The van der Waals surface area contributed by atoms with Crippen molar-refractivity contribution in [3.8, 4) is 0 Å². The van der Waals surface area contributed by atoms with E-state index in [1.807, 2.05) is 34.9 Å². The summed E-state index contributed by atoms with van der Waals surface area (Å²) in [5.41, 5.74) is 1.95. The van der Waals surface area contributed by atoms with Crippen molar-refractivity contribution in [2.75, 3.05) is 39.2 Å². The molecule has 8 heteroatoms. The van der Waals surface area contributed by atoms with E-state index >= 15 is 0 Å². The Bertz CT molecular complexity index is 859. The van der Waals surface area contributed by atoms with Crippen molar-refractivity contribution in [1.82, 2.24) is 14.5 Å². The van der Waals surface area contributed by atoms with Crippen molar-refractivity contribution in [1.29, 1.82) is 0 Å². The number of benzene rings is 1. The van der Waals surface area contributed by atoms with Crippen LogP contribution >= 0.6 is 0 Å². The summed E-state index contributed by atoms with van der Waals surface area (Å²) in [7, 11) is -2.03. The number of piperidine rings is 1. The summed E-state index contributed by atoms with van der Waals surface area (Å²) in [4.78, 5) is 6.65. The molecule has 0 saturated carbocycles. The summed E-state index contributed by atoms with van der Waals surface area (Å²) in [5, 5.41) is 9.26. The number of imidazole rings is 1. The molecule has 2 aromatic rings. The highest BCUT2D eigenvalue weighted by molar-refractivity contribution is 7.91. The maximum atomic E-state index is 12.8. The summed E-state index contributed by atoms with van der Waals surface area (Å²) >= 11 is 0. The lowest BCUT2D eigenvalue weighted by molar-refractivity contribution is 0.151. The van der Waals surface area contributed by atoms with Crippen LogP contribution in [0.1, 0.15) is 30.5 Å². The molecule has 0 amide bonds. The second-order valence-electron chi connectivity index (χ2n) is 7.65. The van der Waals surface area contributed by atoms with Crippen molar-refractivity contribution < 1.29 is 18.3 Å². The number of rotatable bonds is 10. The molecule has 1 aliphatic rings. The van der Waals surface area contributed by atoms with Gasteiger partial charge < -0.3 is 14.4 Å². The highest BCUT2D eigenvalue weighted by Crippen LogP contribution is 2.23. The zero-order valence-electron chi connectivity index (χ0n) is 17.0. The molecule has 1 fully saturated rings. The monoisotopic (exact) mass is 421 g/mol. The van der Waals surface area contributed by atoms with Gasteiger partial charge in [0, 0.05) is 20.3 Å². The number of aliphatic hydroxyl groups is 1.